The SMILES string of the molecule is CN(C)CC1(CO)CCN(S(=O)(=O)c2ccc(-c3ccccc3)cc2)CC1. The summed E-state index contributed by atoms with van der Waals surface area (Å²) in [6.07, 6.45) is 1.34. The number of aliphatic hydroxyl groups excluding tert-OH is 1. The van der Waals surface area contributed by atoms with Gasteiger partial charge in [-0.1, -0.05) is 42.5 Å². The lowest BCUT2D eigenvalue weighted by Gasteiger charge is -2.41. The molecule has 5 nitrogen and oxygen atoms in total. The Balaban J connectivity index is 1.74. The Morgan fingerprint density at radius 3 is 2.04 bits per heavy atom. The standard InChI is InChI=1S/C21H28N2O3S/c1-22(2)16-21(17-24)12-14-23(15-13-21)27(25,26)20-10-8-19(9-11-20)18-6-4-3-5-7-18/h3-11,24H,12-17H2,1-2H3. The van der Waals surface area contributed by atoms with Crippen LogP contribution in [0.5, 0.6) is 0 Å². The third-order valence-electron chi connectivity index (χ3n) is 5.37. The van der Waals surface area contributed by atoms with E-state index >= 15 is 0 Å². The highest BCUT2D eigenvalue weighted by Gasteiger charge is 2.38. The summed E-state index contributed by atoms with van der Waals surface area (Å²) in [5.74, 6) is 0. The summed E-state index contributed by atoms with van der Waals surface area (Å²) >= 11 is 0. The largest absolute Gasteiger partial charge is 0.396 e. The van der Waals surface area contributed by atoms with E-state index in [0.717, 1.165) is 17.7 Å². The van der Waals surface area contributed by atoms with Crippen molar-refractivity contribution in [3.05, 3.63) is 54.6 Å². The predicted molar refractivity (Wildman–Crippen MR) is 108 cm³/mol. The third-order valence-corrected chi connectivity index (χ3v) is 7.28. The molecule has 2 aromatic rings. The van der Waals surface area contributed by atoms with E-state index in [9.17, 15) is 13.5 Å². The highest BCUT2D eigenvalue weighted by atomic mass is 32.2. The van der Waals surface area contributed by atoms with Crippen LogP contribution in [0.4, 0.5) is 0 Å². The van der Waals surface area contributed by atoms with Gasteiger partial charge >= 0.3 is 0 Å². The van der Waals surface area contributed by atoms with Crippen molar-refractivity contribution in [3.8, 4) is 11.1 Å². The van der Waals surface area contributed by atoms with E-state index in [1.165, 1.54) is 0 Å². The number of aliphatic hydroxyl groups is 1. The van der Waals surface area contributed by atoms with Gasteiger partial charge in [0.05, 0.1) is 11.5 Å². The van der Waals surface area contributed by atoms with E-state index < -0.39 is 10.0 Å². The van der Waals surface area contributed by atoms with Crippen LogP contribution in [0.25, 0.3) is 11.1 Å². The quantitative estimate of drug-likeness (QED) is 0.827. The monoisotopic (exact) mass is 388 g/mol. The number of rotatable bonds is 6. The maximum absolute atomic E-state index is 13.0. The number of piperidine rings is 1. The molecule has 2 aromatic carbocycles. The van der Waals surface area contributed by atoms with E-state index in [0.29, 0.717) is 30.8 Å². The molecule has 0 unspecified atom stereocenters. The van der Waals surface area contributed by atoms with Crippen molar-refractivity contribution in [3.63, 3.8) is 0 Å². The van der Waals surface area contributed by atoms with Crippen LogP contribution in [-0.2, 0) is 10.0 Å². The molecule has 0 radical (unpaired) electrons. The topological polar surface area (TPSA) is 60.9 Å². The molecule has 0 aliphatic carbocycles. The molecule has 146 valence electrons. The van der Waals surface area contributed by atoms with Crippen molar-refractivity contribution in [1.29, 1.82) is 0 Å². The first-order valence-corrected chi connectivity index (χ1v) is 10.7. The maximum atomic E-state index is 13.0. The fraction of sp³-hybridized carbons (Fsp3) is 0.429. The predicted octanol–water partition coefficient (Wildman–Crippen LogP) is 2.68. The van der Waals surface area contributed by atoms with Crippen LogP contribution in [0.15, 0.2) is 59.5 Å². The third kappa shape index (κ3) is 4.41. The zero-order valence-corrected chi connectivity index (χ0v) is 16.8. The summed E-state index contributed by atoms with van der Waals surface area (Å²) in [5, 5.41) is 9.84. The van der Waals surface area contributed by atoms with Gasteiger partial charge in [-0.25, -0.2) is 8.42 Å². The molecule has 1 fully saturated rings. The lowest BCUT2D eigenvalue weighted by Crippen LogP contribution is -2.48. The van der Waals surface area contributed by atoms with Crippen LogP contribution in [0.1, 0.15) is 12.8 Å². The Kier molecular flexibility index (Phi) is 6.01. The van der Waals surface area contributed by atoms with Crippen molar-refractivity contribution >= 4 is 10.0 Å². The van der Waals surface area contributed by atoms with Crippen molar-refractivity contribution in [1.82, 2.24) is 9.21 Å². The molecule has 0 bridgehead atoms. The van der Waals surface area contributed by atoms with Crippen molar-refractivity contribution in [2.75, 3.05) is 40.3 Å². The Bertz CT molecular complexity index is 841. The average Bonchev–Trinajstić information content (AvgIpc) is 2.68. The highest BCUT2D eigenvalue weighted by molar-refractivity contribution is 7.89. The molecule has 0 aromatic heterocycles. The molecular formula is C21H28N2O3S. The van der Waals surface area contributed by atoms with Gasteiger partial charge in [-0.05, 0) is 50.2 Å². The second-order valence-corrected chi connectivity index (χ2v) is 9.63. The Hall–Kier alpha value is -1.73. The lowest BCUT2D eigenvalue weighted by atomic mass is 9.79. The summed E-state index contributed by atoms with van der Waals surface area (Å²) in [4.78, 5) is 2.38. The number of hydrogen-bond acceptors (Lipinski definition) is 4. The summed E-state index contributed by atoms with van der Waals surface area (Å²) in [6, 6.07) is 17.0. The second-order valence-electron chi connectivity index (χ2n) is 7.69. The van der Waals surface area contributed by atoms with Crippen LogP contribution in [0, 0.1) is 5.41 Å². The van der Waals surface area contributed by atoms with Crippen LogP contribution < -0.4 is 0 Å². The molecule has 1 saturated heterocycles. The number of benzene rings is 2. The van der Waals surface area contributed by atoms with Gasteiger partial charge in [0, 0.05) is 25.0 Å². The summed E-state index contributed by atoms with van der Waals surface area (Å²) in [7, 11) is 0.452. The van der Waals surface area contributed by atoms with Crippen molar-refractivity contribution < 1.29 is 13.5 Å². The lowest BCUT2D eigenvalue weighted by molar-refractivity contribution is 0.0442. The Morgan fingerprint density at radius 1 is 0.963 bits per heavy atom. The molecule has 0 spiro atoms. The van der Waals surface area contributed by atoms with E-state index in [-0.39, 0.29) is 12.0 Å². The minimum absolute atomic E-state index is 0.0881. The molecule has 6 heteroatoms. The normalized spacial score (nSPS) is 17.9. The first kappa shape index (κ1) is 20.0. The van der Waals surface area contributed by atoms with E-state index in [1.54, 1.807) is 16.4 Å². The molecule has 1 N–H and O–H groups in total. The van der Waals surface area contributed by atoms with E-state index in [4.69, 9.17) is 0 Å². The molecule has 3 rings (SSSR count). The van der Waals surface area contributed by atoms with Gasteiger partial charge in [0.15, 0.2) is 0 Å². The Morgan fingerprint density at radius 2 is 1.52 bits per heavy atom. The smallest absolute Gasteiger partial charge is 0.243 e. The number of nitrogens with zero attached hydrogens (tertiary/aromatic N) is 2. The number of sulfonamides is 1. The van der Waals surface area contributed by atoms with Crippen LogP contribution in [0.3, 0.4) is 0 Å². The van der Waals surface area contributed by atoms with Gasteiger partial charge in [-0.3, -0.25) is 0 Å². The molecule has 1 heterocycles. The van der Waals surface area contributed by atoms with Gasteiger partial charge in [-0.2, -0.15) is 4.31 Å². The van der Waals surface area contributed by atoms with Crippen molar-refractivity contribution in [2.45, 2.75) is 17.7 Å². The maximum Gasteiger partial charge on any atom is 0.243 e. The molecular weight excluding hydrogens is 360 g/mol. The fourth-order valence-electron chi connectivity index (χ4n) is 3.84. The molecule has 0 saturated carbocycles. The minimum Gasteiger partial charge on any atom is -0.396 e. The highest BCUT2D eigenvalue weighted by Crippen LogP contribution is 2.34. The molecule has 27 heavy (non-hydrogen) atoms. The van der Waals surface area contributed by atoms with Gasteiger partial charge in [0.1, 0.15) is 0 Å². The zero-order chi connectivity index (χ0) is 19.5. The summed E-state index contributed by atoms with van der Waals surface area (Å²) in [5.41, 5.74) is 1.85. The minimum atomic E-state index is -3.51. The molecule has 1 aliphatic rings. The van der Waals surface area contributed by atoms with Crippen LogP contribution in [-0.4, -0.2) is 63.1 Å². The van der Waals surface area contributed by atoms with Gasteiger partial charge < -0.3 is 10.0 Å². The summed E-state index contributed by atoms with van der Waals surface area (Å²) < 4.78 is 27.6. The number of hydrogen-bond donors (Lipinski definition) is 1. The van der Waals surface area contributed by atoms with E-state index in [1.807, 2.05) is 56.6 Å². The second kappa shape index (κ2) is 8.10. The first-order valence-electron chi connectivity index (χ1n) is 9.28. The zero-order valence-electron chi connectivity index (χ0n) is 16.0. The molecule has 0 amide bonds. The average molecular weight is 389 g/mol. The van der Waals surface area contributed by atoms with Crippen LogP contribution in [0.2, 0.25) is 0 Å². The Labute approximate surface area is 162 Å². The van der Waals surface area contributed by atoms with Gasteiger partial charge in [0.2, 0.25) is 10.0 Å². The van der Waals surface area contributed by atoms with Crippen LogP contribution >= 0.6 is 0 Å². The van der Waals surface area contributed by atoms with E-state index in [2.05, 4.69) is 4.90 Å². The van der Waals surface area contributed by atoms with Gasteiger partial charge in [-0.15, -0.1) is 0 Å². The first-order chi connectivity index (χ1) is 12.9. The summed E-state index contributed by atoms with van der Waals surface area (Å²) in [6.45, 7) is 1.74. The molecule has 1 aliphatic heterocycles. The van der Waals surface area contributed by atoms with Gasteiger partial charge in [0.25, 0.3) is 0 Å². The fourth-order valence-corrected chi connectivity index (χ4v) is 5.28. The van der Waals surface area contributed by atoms with Crippen molar-refractivity contribution in [2.24, 2.45) is 5.41 Å². The molecule has 0 atom stereocenters.